The molecule has 15 heavy (non-hydrogen) atoms. The van der Waals surface area contributed by atoms with Crippen LogP contribution in [0.5, 0.6) is 5.75 Å². The summed E-state index contributed by atoms with van der Waals surface area (Å²) >= 11 is 0. The molecule has 0 aromatic heterocycles. The van der Waals surface area contributed by atoms with Gasteiger partial charge in [-0.25, -0.2) is 13.6 Å². The molecule has 1 aromatic rings. The van der Waals surface area contributed by atoms with Gasteiger partial charge in [0.2, 0.25) is 10.0 Å². The van der Waals surface area contributed by atoms with E-state index in [0.717, 1.165) is 0 Å². The minimum Gasteiger partial charge on any atom is -0.491 e. The molecule has 0 aliphatic rings. The molecule has 0 atom stereocenters. The molecule has 0 aliphatic carbocycles. The second-order valence-electron chi connectivity index (χ2n) is 3.41. The first kappa shape index (κ1) is 11.8. The molecule has 0 aliphatic heterocycles. The third-order valence-corrected chi connectivity index (χ3v) is 2.64. The van der Waals surface area contributed by atoms with Gasteiger partial charge in [-0.3, -0.25) is 0 Å². The van der Waals surface area contributed by atoms with E-state index in [1.54, 1.807) is 0 Å². The topological polar surface area (TPSA) is 95.4 Å². The summed E-state index contributed by atoms with van der Waals surface area (Å²) in [6, 6.07) is 4.30. The van der Waals surface area contributed by atoms with Crippen LogP contribution in [0.4, 0.5) is 5.69 Å². The van der Waals surface area contributed by atoms with E-state index in [-0.39, 0.29) is 16.7 Å². The smallest absolute Gasteiger partial charge is 0.240 e. The van der Waals surface area contributed by atoms with E-state index in [0.29, 0.717) is 5.75 Å². The highest BCUT2D eigenvalue weighted by molar-refractivity contribution is 7.89. The molecule has 6 heteroatoms. The summed E-state index contributed by atoms with van der Waals surface area (Å²) in [4.78, 5) is -0.0846. The predicted molar refractivity (Wildman–Crippen MR) is 58.0 cm³/mol. The van der Waals surface area contributed by atoms with E-state index in [2.05, 4.69) is 0 Å². The van der Waals surface area contributed by atoms with Crippen LogP contribution in [0.3, 0.4) is 0 Å². The van der Waals surface area contributed by atoms with Crippen LogP contribution in [0, 0.1) is 0 Å². The van der Waals surface area contributed by atoms with Gasteiger partial charge < -0.3 is 10.5 Å². The van der Waals surface area contributed by atoms with E-state index in [1.165, 1.54) is 18.2 Å². The molecule has 0 amide bonds. The number of primary sulfonamides is 1. The maximum absolute atomic E-state index is 11.0. The molecule has 0 heterocycles. The Morgan fingerprint density at radius 1 is 1.33 bits per heavy atom. The number of ether oxygens (including phenoxy) is 1. The lowest BCUT2D eigenvalue weighted by molar-refractivity contribution is 0.242. The van der Waals surface area contributed by atoms with E-state index in [1.807, 2.05) is 13.8 Å². The second kappa shape index (κ2) is 4.08. The Labute approximate surface area is 89.1 Å². The molecule has 1 rings (SSSR count). The van der Waals surface area contributed by atoms with Crippen molar-refractivity contribution in [2.45, 2.75) is 24.8 Å². The average Bonchev–Trinajstić information content (AvgIpc) is 1.99. The molecule has 5 nitrogen and oxygen atoms in total. The zero-order valence-electron chi connectivity index (χ0n) is 8.60. The Morgan fingerprint density at radius 3 is 2.33 bits per heavy atom. The van der Waals surface area contributed by atoms with Gasteiger partial charge in [0.1, 0.15) is 10.6 Å². The Hall–Kier alpha value is -1.27. The third-order valence-electron chi connectivity index (χ3n) is 1.66. The molecule has 84 valence electrons. The largest absolute Gasteiger partial charge is 0.491 e. The third kappa shape index (κ3) is 3.10. The molecule has 4 N–H and O–H groups in total. The standard InChI is InChI=1S/C9H14N2O3S/c1-6(2)14-7-3-4-9(8(10)5-7)15(11,12)13/h3-6H,10H2,1-2H3,(H2,11,12,13). The van der Waals surface area contributed by atoms with Gasteiger partial charge in [-0.05, 0) is 26.0 Å². The fourth-order valence-electron chi connectivity index (χ4n) is 1.13. The van der Waals surface area contributed by atoms with E-state index in [4.69, 9.17) is 15.6 Å². The number of nitrogens with two attached hydrogens (primary N) is 2. The fraction of sp³-hybridized carbons (Fsp3) is 0.333. The van der Waals surface area contributed by atoms with Crippen LogP contribution in [-0.4, -0.2) is 14.5 Å². The van der Waals surface area contributed by atoms with Crippen LogP contribution in [-0.2, 0) is 10.0 Å². The van der Waals surface area contributed by atoms with Crippen molar-refractivity contribution in [2.75, 3.05) is 5.73 Å². The molecule has 0 spiro atoms. The Bertz CT molecular complexity index is 454. The van der Waals surface area contributed by atoms with Gasteiger partial charge in [-0.15, -0.1) is 0 Å². The highest BCUT2D eigenvalue weighted by Crippen LogP contribution is 2.23. The molecular formula is C9H14N2O3S. The molecule has 0 saturated carbocycles. The first-order valence-corrected chi connectivity index (χ1v) is 5.94. The lowest BCUT2D eigenvalue weighted by Crippen LogP contribution is -2.14. The van der Waals surface area contributed by atoms with Gasteiger partial charge in [-0.1, -0.05) is 0 Å². The quantitative estimate of drug-likeness (QED) is 0.747. The van der Waals surface area contributed by atoms with Gasteiger partial charge in [0.05, 0.1) is 11.8 Å². The lowest BCUT2D eigenvalue weighted by Gasteiger charge is -2.11. The van der Waals surface area contributed by atoms with Gasteiger partial charge in [0, 0.05) is 6.07 Å². The van der Waals surface area contributed by atoms with Crippen molar-refractivity contribution < 1.29 is 13.2 Å². The van der Waals surface area contributed by atoms with Crippen molar-refractivity contribution >= 4 is 15.7 Å². The zero-order valence-corrected chi connectivity index (χ0v) is 9.41. The van der Waals surface area contributed by atoms with Crippen molar-refractivity contribution in [1.29, 1.82) is 0 Å². The molecular weight excluding hydrogens is 216 g/mol. The van der Waals surface area contributed by atoms with Crippen molar-refractivity contribution in [3.63, 3.8) is 0 Å². The SMILES string of the molecule is CC(C)Oc1ccc(S(N)(=O)=O)c(N)c1. The van der Waals surface area contributed by atoms with Crippen LogP contribution in [0.25, 0.3) is 0 Å². The summed E-state index contributed by atoms with van der Waals surface area (Å²) in [7, 11) is -3.76. The number of sulfonamides is 1. The maximum Gasteiger partial charge on any atom is 0.240 e. The van der Waals surface area contributed by atoms with Crippen molar-refractivity contribution in [3.05, 3.63) is 18.2 Å². The first-order chi connectivity index (χ1) is 6.80. The van der Waals surface area contributed by atoms with Gasteiger partial charge >= 0.3 is 0 Å². The minimum absolute atomic E-state index is 0.00438. The highest BCUT2D eigenvalue weighted by Gasteiger charge is 2.12. The number of rotatable bonds is 3. The Kier molecular flexibility index (Phi) is 3.21. The van der Waals surface area contributed by atoms with E-state index in [9.17, 15) is 8.42 Å². The van der Waals surface area contributed by atoms with Crippen LogP contribution < -0.4 is 15.6 Å². The van der Waals surface area contributed by atoms with Gasteiger partial charge in [-0.2, -0.15) is 0 Å². The molecule has 0 bridgehead atoms. The fourth-order valence-corrected chi connectivity index (χ4v) is 1.78. The van der Waals surface area contributed by atoms with Crippen LogP contribution in [0.15, 0.2) is 23.1 Å². The lowest BCUT2D eigenvalue weighted by atomic mass is 10.3. The number of benzene rings is 1. The van der Waals surface area contributed by atoms with Crippen LogP contribution in [0.1, 0.15) is 13.8 Å². The molecule has 1 aromatic carbocycles. The maximum atomic E-state index is 11.0. The van der Waals surface area contributed by atoms with Crippen LogP contribution >= 0.6 is 0 Å². The van der Waals surface area contributed by atoms with Crippen LogP contribution in [0.2, 0.25) is 0 Å². The summed E-state index contributed by atoms with van der Waals surface area (Å²) in [5.74, 6) is 0.523. The minimum atomic E-state index is -3.76. The molecule has 0 radical (unpaired) electrons. The van der Waals surface area contributed by atoms with Crippen molar-refractivity contribution in [1.82, 2.24) is 0 Å². The monoisotopic (exact) mass is 230 g/mol. The van der Waals surface area contributed by atoms with Gasteiger partial charge in [0.25, 0.3) is 0 Å². The molecule has 0 unspecified atom stereocenters. The summed E-state index contributed by atoms with van der Waals surface area (Å²) in [5, 5.41) is 4.96. The first-order valence-electron chi connectivity index (χ1n) is 4.39. The van der Waals surface area contributed by atoms with Crippen molar-refractivity contribution in [3.8, 4) is 5.75 Å². The predicted octanol–water partition coefficient (Wildman–Crippen LogP) is 0.703. The Balaban J connectivity index is 3.09. The zero-order chi connectivity index (χ0) is 11.6. The number of hydrogen-bond acceptors (Lipinski definition) is 4. The summed E-state index contributed by atoms with van der Waals surface area (Å²) in [5.41, 5.74) is 5.64. The van der Waals surface area contributed by atoms with E-state index < -0.39 is 10.0 Å². The van der Waals surface area contributed by atoms with Gasteiger partial charge in [0.15, 0.2) is 0 Å². The highest BCUT2D eigenvalue weighted by atomic mass is 32.2. The molecule has 0 fully saturated rings. The summed E-state index contributed by atoms with van der Waals surface area (Å²) in [6.45, 7) is 3.73. The normalized spacial score (nSPS) is 11.7. The Morgan fingerprint density at radius 2 is 1.93 bits per heavy atom. The number of hydrogen-bond donors (Lipinski definition) is 2. The van der Waals surface area contributed by atoms with Crippen molar-refractivity contribution in [2.24, 2.45) is 5.14 Å². The van der Waals surface area contributed by atoms with E-state index >= 15 is 0 Å². The summed E-state index contributed by atoms with van der Waals surface area (Å²) in [6.07, 6.45) is 0.00438. The summed E-state index contributed by atoms with van der Waals surface area (Å²) < 4.78 is 27.4. The number of anilines is 1. The second-order valence-corrected chi connectivity index (χ2v) is 4.94. The number of nitrogen functional groups attached to an aromatic ring is 1. The molecule has 0 saturated heterocycles. The average molecular weight is 230 g/mol.